The van der Waals surface area contributed by atoms with Crippen LogP contribution in [0.4, 0.5) is 11.4 Å². The number of hydrogen-bond acceptors (Lipinski definition) is 2. The van der Waals surface area contributed by atoms with Crippen LogP contribution < -0.4 is 10.3 Å². The zero-order valence-electron chi connectivity index (χ0n) is 11.5. The Morgan fingerprint density at radius 2 is 1.71 bits per heavy atom. The van der Waals surface area contributed by atoms with Gasteiger partial charge < -0.3 is 5.32 Å². The number of hydrogen-bond donors (Lipinski definition) is 1. The highest BCUT2D eigenvalue weighted by Gasteiger charge is 2.24. The van der Waals surface area contributed by atoms with Crippen molar-refractivity contribution in [2.75, 3.05) is 23.4 Å². The van der Waals surface area contributed by atoms with Gasteiger partial charge in [0.2, 0.25) is 0 Å². The standard InChI is InChI=1S/C16H16ClN3S/c17-13-7-9-15(10-8-13)19-11-4-12-20(19)16(21)18-14-5-2-1-3-6-14/h1-3,5-10H,4,11-12H2,(H,18,21). The highest BCUT2D eigenvalue weighted by Crippen LogP contribution is 2.24. The number of benzene rings is 2. The fourth-order valence-corrected chi connectivity index (χ4v) is 2.85. The molecule has 2 aromatic rings. The lowest BCUT2D eigenvalue weighted by Gasteiger charge is -2.32. The molecule has 3 nitrogen and oxygen atoms in total. The van der Waals surface area contributed by atoms with Crippen LogP contribution in [0.3, 0.4) is 0 Å². The van der Waals surface area contributed by atoms with E-state index in [1.807, 2.05) is 54.6 Å². The second kappa shape index (κ2) is 6.33. The monoisotopic (exact) mass is 317 g/mol. The molecule has 0 atom stereocenters. The Hall–Kier alpha value is -1.78. The van der Waals surface area contributed by atoms with Crippen molar-refractivity contribution >= 4 is 40.3 Å². The normalized spacial score (nSPS) is 14.3. The van der Waals surface area contributed by atoms with E-state index < -0.39 is 0 Å². The summed E-state index contributed by atoms with van der Waals surface area (Å²) in [6.45, 7) is 1.87. The smallest absolute Gasteiger partial charge is 0.192 e. The van der Waals surface area contributed by atoms with Crippen LogP contribution in [0.1, 0.15) is 6.42 Å². The summed E-state index contributed by atoms with van der Waals surface area (Å²) in [5.41, 5.74) is 2.11. The maximum Gasteiger partial charge on any atom is 0.192 e. The molecule has 1 fully saturated rings. The number of halogens is 1. The van der Waals surface area contributed by atoms with Gasteiger partial charge >= 0.3 is 0 Å². The lowest BCUT2D eigenvalue weighted by molar-refractivity contribution is 0.486. The van der Waals surface area contributed by atoms with E-state index in [-0.39, 0.29) is 0 Å². The molecule has 0 aliphatic carbocycles. The molecule has 0 radical (unpaired) electrons. The Balaban J connectivity index is 1.74. The van der Waals surface area contributed by atoms with Crippen molar-refractivity contribution in [2.45, 2.75) is 6.42 Å². The Morgan fingerprint density at radius 1 is 1.00 bits per heavy atom. The van der Waals surface area contributed by atoms with Crippen molar-refractivity contribution in [3.8, 4) is 0 Å². The Morgan fingerprint density at radius 3 is 2.43 bits per heavy atom. The highest BCUT2D eigenvalue weighted by atomic mass is 35.5. The summed E-state index contributed by atoms with van der Waals surface area (Å²) in [5.74, 6) is 0. The van der Waals surface area contributed by atoms with Crippen molar-refractivity contribution in [1.82, 2.24) is 5.01 Å². The molecule has 5 heteroatoms. The molecule has 0 aromatic heterocycles. The van der Waals surface area contributed by atoms with E-state index in [0.717, 1.165) is 35.9 Å². The van der Waals surface area contributed by atoms with Crippen molar-refractivity contribution in [3.63, 3.8) is 0 Å². The molecule has 21 heavy (non-hydrogen) atoms. The SMILES string of the molecule is S=C(Nc1ccccc1)N1CCCN1c1ccc(Cl)cc1. The van der Waals surface area contributed by atoms with Gasteiger partial charge in [-0.3, -0.25) is 10.0 Å². The van der Waals surface area contributed by atoms with Crippen LogP contribution in [0.25, 0.3) is 0 Å². The summed E-state index contributed by atoms with van der Waals surface area (Å²) < 4.78 is 0. The molecule has 0 unspecified atom stereocenters. The molecule has 1 N–H and O–H groups in total. The van der Waals surface area contributed by atoms with Crippen LogP contribution in [-0.4, -0.2) is 23.2 Å². The number of para-hydroxylation sites is 1. The minimum atomic E-state index is 0.716. The number of nitrogens with zero attached hydrogens (tertiary/aromatic N) is 2. The molecule has 1 aliphatic rings. The van der Waals surface area contributed by atoms with Crippen LogP contribution in [0.5, 0.6) is 0 Å². The van der Waals surface area contributed by atoms with E-state index in [4.69, 9.17) is 23.8 Å². The van der Waals surface area contributed by atoms with Gasteiger partial charge in [0, 0.05) is 23.8 Å². The second-order valence-electron chi connectivity index (χ2n) is 4.87. The molecule has 1 saturated heterocycles. The van der Waals surface area contributed by atoms with Gasteiger partial charge in [0.15, 0.2) is 5.11 Å². The molecule has 0 spiro atoms. The lowest BCUT2D eigenvalue weighted by Crippen LogP contribution is -2.43. The predicted molar refractivity (Wildman–Crippen MR) is 92.8 cm³/mol. The minimum Gasteiger partial charge on any atom is -0.331 e. The van der Waals surface area contributed by atoms with Crippen molar-refractivity contribution < 1.29 is 0 Å². The van der Waals surface area contributed by atoms with Gasteiger partial charge in [-0.25, -0.2) is 0 Å². The molecule has 3 rings (SSSR count). The first-order valence-electron chi connectivity index (χ1n) is 6.90. The quantitative estimate of drug-likeness (QED) is 0.838. The van der Waals surface area contributed by atoms with Gasteiger partial charge in [0.25, 0.3) is 0 Å². The number of anilines is 2. The van der Waals surface area contributed by atoms with Crippen LogP contribution in [0.15, 0.2) is 54.6 Å². The predicted octanol–water partition coefficient (Wildman–Crippen LogP) is 4.16. The molecule has 0 amide bonds. The van der Waals surface area contributed by atoms with E-state index in [9.17, 15) is 0 Å². The topological polar surface area (TPSA) is 18.5 Å². The van der Waals surface area contributed by atoms with E-state index >= 15 is 0 Å². The lowest BCUT2D eigenvalue weighted by atomic mass is 10.3. The third-order valence-electron chi connectivity index (χ3n) is 3.42. The average Bonchev–Trinajstić information content (AvgIpc) is 2.98. The minimum absolute atomic E-state index is 0.716. The Bertz CT molecular complexity index is 615. The molecule has 0 saturated carbocycles. The molecule has 1 heterocycles. The first-order chi connectivity index (χ1) is 10.2. The zero-order valence-corrected chi connectivity index (χ0v) is 13.1. The van der Waals surface area contributed by atoms with E-state index in [1.165, 1.54) is 0 Å². The fourth-order valence-electron chi connectivity index (χ4n) is 2.41. The van der Waals surface area contributed by atoms with Crippen molar-refractivity contribution in [1.29, 1.82) is 0 Å². The average molecular weight is 318 g/mol. The molecule has 1 aliphatic heterocycles. The maximum absolute atomic E-state index is 5.95. The van der Waals surface area contributed by atoms with Gasteiger partial charge in [-0.05, 0) is 55.0 Å². The van der Waals surface area contributed by atoms with Gasteiger partial charge in [0.05, 0.1) is 5.69 Å². The summed E-state index contributed by atoms with van der Waals surface area (Å²) in [6.07, 6.45) is 1.08. The summed E-state index contributed by atoms with van der Waals surface area (Å²) in [4.78, 5) is 0. The number of nitrogens with one attached hydrogen (secondary N) is 1. The Labute approximate surface area is 135 Å². The molecule has 2 aromatic carbocycles. The van der Waals surface area contributed by atoms with E-state index in [0.29, 0.717) is 5.11 Å². The summed E-state index contributed by atoms with van der Waals surface area (Å²) in [7, 11) is 0. The van der Waals surface area contributed by atoms with Crippen LogP contribution in [0.2, 0.25) is 5.02 Å². The van der Waals surface area contributed by atoms with Crippen LogP contribution in [0, 0.1) is 0 Å². The second-order valence-corrected chi connectivity index (χ2v) is 5.70. The van der Waals surface area contributed by atoms with E-state index in [1.54, 1.807) is 0 Å². The summed E-state index contributed by atoms with van der Waals surface area (Å²) in [6, 6.07) is 17.8. The number of thiocarbonyl (C=S) groups is 1. The molecule has 0 bridgehead atoms. The van der Waals surface area contributed by atoms with Crippen LogP contribution in [-0.2, 0) is 0 Å². The van der Waals surface area contributed by atoms with Gasteiger partial charge in [-0.2, -0.15) is 0 Å². The maximum atomic E-state index is 5.95. The highest BCUT2D eigenvalue weighted by molar-refractivity contribution is 7.80. The van der Waals surface area contributed by atoms with Crippen LogP contribution >= 0.6 is 23.8 Å². The zero-order chi connectivity index (χ0) is 14.7. The fraction of sp³-hybridized carbons (Fsp3) is 0.188. The first kappa shape index (κ1) is 14.2. The van der Waals surface area contributed by atoms with Crippen molar-refractivity contribution in [2.24, 2.45) is 0 Å². The third kappa shape index (κ3) is 3.28. The van der Waals surface area contributed by atoms with Gasteiger partial charge in [-0.15, -0.1) is 0 Å². The third-order valence-corrected chi connectivity index (χ3v) is 3.98. The number of hydrazine groups is 1. The number of rotatable bonds is 2. The van der Waals surface area contributed by atoms with Gasteiger partial charge in [-0.1, -0.05) is 29.8 Å². The molecular weight excluding hydrogens is 302 g/mol. The Kier molecular flexibility index (Phi) is 4.27. The van der Waals surface area contributed by atoms with Gasteiger partial charge in [0.1, 0.15) is 0 Å². The van der Waals surface area contributed by atoms with Crippen molar-refractivity contribution in [3.05, 3.63) is 59.6 Å². The van der Waals surface area contributed by atoms with E-state index in [2.05, 4.69) is 15.3 Å². The molecule has 108 valence electrons. The summed E-state index contributed by atoms with van der Waals surface area (Å²) >= 11 is 11.5. The first-order valence-corrected chi connectivity index (χ1v) is 7.69. The molecular formula is C16H16ClN3S. The summed E-state index contributed by atoms with van der Waals surface area (Å²) in [5, 5.41) is 9.04. The largest absolute Gasteiger partial charge is 0.331 e.